The number of imidazole rings is 1. The molecule has 2 amide bonds. The first-order chi connectivity index (χ1) is 21.9. The molecule has 0 saturated carbocycles. The zero-order valence-corrected chi connectivity index (χ0v) is 27.0. The van der Waals surface area contributed by atoms with Crippen molar-refractivity contribution >= 4 is 39.9 Å². The first-order valence-electron chi connectivity index (χ1n) is 15.6. The van der Waals surface area contributed by atoms with Gasteiger partial charge < -0.3 is 28.8 Å². The molecule has 3 aromatic heterocycles. The molecule has 2 saturated heterocycles. The summed E-state index contributed by atoms with van der Waals surface area (Å²) >= 11 is 0. The molecule has 2 fully saturated rings. The number of piperazine rings is 1. The lowest BCUT2D eigenvalue weighted by atomic mass is 10.0. The third-order valence-electron chi connectivity index (χ3n) is 8.12. The molecule has 5 heterocycles. The van der Waals surface area contributed by atoms with Crippen molar-refractivity contribution in [2.75, 3.05) is 36.5 Å². The number of ether oxygens (including phenoxy) is 3. The van der Waals surface area contributed by atoms with Crippen LogP contribution in [0, 0.1) is 12.7 Å². The predicted molar refractivity (Wildman–Crippen MR) is 171 cm³/mol. The second-order valence-corrected chi connectivity index (χ2v) is 13.1. The fourth-order valence-electron chi connectivity index (χ4n) is 6.20. The number of amides is 2. The van der Waals surface area contributed by atoms with E-state index < -0.39 is 17.3 Å². The lowest BCUT2D eigenvalue weighted by molar-refractivity contribution is 0.00566. The van der Waals surface area contributed by atoms with E-state index in [4.69, 9.17) is 19.2 Å². The predicted octanol–water partition coefficient (Wildman–Crippen LogP) is 5.37. The summed E-state index contributed by atoms with van der Waals surface area (Å²) in [5, 5.41) is 3.47. The van der Waals surface area contributed by atoms with E-state index in [0.717, 1.165) is 18.5 Å². The molecule has 1 aromatic carbocycles. The van der Waals surface area contributed by atoms with Crippen LogP contribution < -0.4 is 15.0 Å². The highest BCUT2D eigenvalue weighted by molar-refractivity contribution is 6.13. The molecule has 46 heavy (non-hydrogen) atoms. The van der Waals surface area contributed by atoms with E-state index in [9.17, 15) is 14.0 Å². The van der Waals surface area contributed by atoms with Gasteiger partial charge in [0.15, 0.2) is 11.5 Å². The number of fused-ring (bicyclic) bond motifs is 2. The summed E-state index contributed by atoms with van der Waals surface area (Å²) < 4.78 is 33.6. The van der Waals surface area contributed by atoms with Crippen molar-refractivity contribution in [3.05, 3.63) is 53.9 Å². The van der Waals surface area contributed by atoms with Gasteiger partial charge in [0.05, 0.1) is 40.6 Å². The number of carbonyl (C=O) groups is 2. The van der Waals surface area contributed by atoms with Gasteiger partial charge >= 0.3 is 12.1 Å². The highest BCUT2D eigenvalue weighted by Gasteiger charge is 2.36. The topological polar surface area (TPSA) is 123 Å². The van der Waals surface area contributed by atoms with Gasteiger partial charge in [-0.2, -0.15) is 4.98 Å². The number of nitrogens with one attached hydrogen (secondary N) is 1. The largest absolute Gasteiger partial charge is 0.461 e. The molecular weight excluding hydrogens is 593 g/mol. The Morgan fingerprint density at radius 1 is 1.13 bits per heavy atom. The van der Waals surface area contributed by atoms with Crippen molar-refractivity contribution in [1.29, 1.82) is 0 Å². The molecule has 12 nitrogen and oxygen atoms in total. The molecule has 3 atom stereocenters. The van der Waals surface area contributed by atoms with Crippen LogP contribution in [0.1, 0.15) is 63.5 Å². The Balaban J connectivity index is 1.32. The molecule has 0 radical (unpaired) electrons. The number of anilines is 2. The van der Waals surface area contributed by atoms with Gasteiger partial charge in [0.1, 0.15) is 12.2 Å². The Morgan fingerprint density at radius 2 is 1.89 bits per heavy atom. The lowest BCUT2D eigenvalue weighted by Crippen LogP contribution is -2.59. The number of hydrogen-bond donors (Lipinski definition) is 1. The maximum Gasteiger partial charge on any atom is 0.410 e. The van der Waals surface area contributed by atoms with E-state index in [1.165, 1.54) is 6.07 Å². The van der Waals surface area contributed by atoms with Crippen LogP contribution in [0.25, 0.3) is 16.6 Å². The first kappa shape index (κ1) is 31.5. The zero-order valence-electron chi connectivity index (χ0n) is 27.0. The molecule has 0 aliphatic carbocycles. The lowest BCUT2D eigenvalue weighted by Gasteiger charge is -2.45. The first-order valence-corrected chi connectivity index (χ1v) is 15.6. The number of nitrogens with zero attached hydrogens (tertiary/aromatic N) is 6. The molecule has 1 N–H and O–H groups in total. The molecule has 4 aromatic rings. The standard InChI is InChI=1S/C33H40FN7O5/c1-19-14-40-17-22(12-26(34)29(40)36-19)37-30(42)24-9-10-27(25-13-35-31(38-28(24)25)45-18-23-8-7-11-44-23)39-15-20(2)41(21(3)16-39)32(43)46-33(4,5)6/h9-10,12-14,17,20-21,23H,7-8,11,15-16,18H2,1-6H3,(H,37,42)/t20-,21-,23?/m0/s1. The van der Waals surface area contributed by atoms with Crippen molar-refractivity contribution in [3.8, 4) is 6.01 Å². The average molecular weight is 634 g/mol. The molecule has 0 spiro atoms. The third-order valence-corrected chi connectivity index (χ3v) is 8.12. The zero-order chi connectivity index (χ0) is 32.7. The van der Waals surface area contributed by atoms with Crippen LogP contribution in [-0.4, -0.2) is 86.3 Å². The van der Waals surface area contributed by atoms with Crippen LogP contribution >= 0.6 is 0 Å². The van der Waals surface area contributed by atoms with Gasteiger partial charge in [-0.05, 0) is 66.5 Å². The van der Waals surface area contributed by atoms with E-state index in [-0.39, 0.29) is 47.2 Å². The van der Waals surface area contributed by atoms with Crippen molar-refractivity contribution in [3.63, 3.8) is 0 Å². The molecule has 2 aliphatic heterocycles. The Kier molecular flexibility index (Phi) is 8.45. The highest BCUT2D eigenvalue weighted by atomic mass is 19.1. The molecule has 1 unspecified atom stereocenters. The maximum absolute atomic E-state index is 14.8. The van der Waals surface area contributed by atoms with Gasteiger partial charge in [-0.25, -0.2) is 19.2 Å². The number of rotatable bonds is 6. The minimum absolute atomic E-state index is 0.0331. The number of carbonyl (C=O) groups excluding carboxylic acids is 2. The molecule has 0 bridgehead atoms. The van der Waals surface area contributed by atoms with Crippen LogP contribution in [0.2, 0.25) is 0 Å². The Hall–Kier alpha value is -4.52. The number of aromatic nitrogens is 4. The summed E-state index contributed by atoms with van der Waals surface area (Å²) in [7, 11) is 0. The molecular formula is C33H40FN7O5. The van der Waals surface area contributed by atoms with E-state index in [1.54, 1.807) is 40.9 Å². The van der Waals surface area contributed by atoms with Crippen LogP contribution in [0.3, 0.4) is 0 Å². The summed E-state index contributed by atoms with van der Waals surface area (Å²) in [5.41, 5.74) is 2.00. The van der Waals surface area contributed by atoms with E-state index in [1.807, 2.05) is 40.7 Å². The van der Waals surface area contributed by atoms with Crippen LogP contribution in [0.5, 0.6) is 6.01 Å². The highest BCUT2D eigenvalue weighted by Crippen LogP contribution is 2.33. The Bertz CT molecular complexity index is 1770. The van der Waals surface area contributed by atoms with E-state index in [2.05, 4.69) is 20.2 Å². The number of pyridine rings is 1. The van der Waals surface area contributed by atoms with Gasteiger partial charge in [0.25, 0.3) is 5.91 Å². The Labute approximate surface area is 266 Å². The van der Waals surface area contributed by atoms with Gasteiger partial charge in [-0.1, -0.05) is 0 Å². The SMILES string of the molecule is Cc1cn2cc(NC(=O)c3ccc(N4C[C@H](C)N(C(=O)OC(C)(C)C)[C@@H](C)C4)c4cnc(OCC5CCCO5)nc34)cc(F)c2n1. The summed E-state index contributed by atoms with van der Waals surface area (Å²) in [6.45, 7) is 13.4. The molecule has 244 valence electrons. The molecule has 6 rings (SSSR count). The van der Waals surface area contributed by atoms with Crippen molar-refractivity contribution in [2.45, 2.75) is 78.2 Å². The smallest absolute Gasteiger partial charge is 0.410 e. The summed E-state index contributed by atoms with van der Waals surface area (Å²) in [6, 6.07) is 4.64. The Morgan fingerprint density at radius 3 is 2.59 bits per heavy atom. The van der Waals surface area contributed by atoms with Crippen molar-refractivity contribution in [1.82, 2.24) is 24.3 Å². The minimum Gasteiger partial charge on any atom is -0.461 e. The van der Waals surface area contributed by atoms with Crippen molar-refractivity contribution in [2.24, 2.45) is 0 Å². The fourth-order valence-corrected chi connectivity index (χ4v) is 6.20. The second-order valence-electron chi connectivity index (χ2n) is 13.1. The van der Waals surface area contributed by atoms with Gasteiger partial charge in [0.2, 0.25) is 0 Å². The van der Waals surface area contributed by atoms with E-state index in [0.29, 0.717) is 42.9 Å². The van der Waals surface area contributed by atoms with Crippen molar-refractivity contribution < 1.29 is 28.2 Å². The molecule has 2 aliphatic rings. The van der Waals surface area contributed by atoms with Gasteiger partial charge in [-0.15, -0.1) is 0 Å². The quantitative estimate of drug-likeness (QED) is 0.299. The number of benzene rings is 1. The van der Waals surface area contributed by atoms with Crippen LogP contribution in [0.15, 0.2) is 36.8 Å². The fraction of sp³-hybridized carbons (Fsp3) is 0.485. The normalized spacial score (nSPS) is 20.4. The summed E-state index contributed by atoms with van der Waals surface area (Å²) in [5.74, 6) is -1.01. The van der Waals surface area contributed by atoms with Gasteiger partial charge in [0, 0.05) is 55.4 Å². The summed E-state index contributed by atoms with van der Waals surface area (Å²) in [6.07, 6.45) is 6.46. The van der Waals surface area contributed by atoms with E-state index >= 15 is 0 Å². The average Bonchev–Trinajstić information content (AvgIpc) is 3.63. The monoisotopic (exact) mass is 633 g/mol. The number of hydrogen-bond acceptors (Lipinski definition) is 9. The maximum atomic E-state index is 14.8. The number of aryl methyl sites for hydroxylation is 1. The molecule has 13 heteroatoms. The van der Waals surface area contributed by atoms with Crippen LogP contribution in [0.4, 0.5) is 20.6 Å². The summed E-state index contributed by atoms with van der Waals surface area (Å²) in [4.78, 5) is 44.1. The van der Waals surface area contributed by atoms with Gasteiger partial charge in [-0.3, -0.25) is 9.69 Å². The minimum atomic E-state index is -0.601. The van der Waals surface area contributed by atoms with Crippen LogP contribution in [-0.2, 0) is 9.47 Å². The second kappa shape index (κ2) is 12.3. The number of halogens is 1. The third kappa shape index (κ3) is 6.55.